The van der Waals surface area contributed by atoms with E-state index in [1.54, 1.807) is 18.2 Å². The lowest BCUT2D eigenvalue weighted by Crippen LogP contribution is -2.36. The Kier molecular flexibility index (Phi) is 7.23. The molecule has 0 fully saturated rings. The Bertz CT molecular complexity index is 891. The molecule has 2 aromatic carbocycles. The topological polar surface area (TPSA) is 103 Å². The molecular weight excluding hydrogens is 368 g/mol. The van der Waals surface area contributed by atoms with E-state index in [4.69, 9.17) is 15.1 Å². The third kappa shape index (κ3) is 5.80. The largest absolute Gasteiger partial charge is 0.489 e. The number of para-hydroxylation sites is 1. The van der Waals surface area contributed by atoms with E-state index < -0.39 is 12.1 Å². The number of aliphatic hydroxyl groups excluding tert-OH is 1. The van der Waals surface area contributed by atoms with Gasteiger partial charge in [0.25, 0.3) is 0 Å². The highest BCUT2D eigenvalue weighted by Crippen LogP contribution is 2.32. The van der Waals surface area contributed by atoms with Gasteiger partial charge in [0.05, 0.1) is 17.7 Å². The molecule has 0 spiro atoms. The number of hydrogen-bond donors (Lipinski definition) is 3. The van der Waals surface area contributed by atoms with Crippen LogP contribution in [-0.2, 0) is 17.6 Å². The highest BCUT2D eigenvalue weighted by molar-refractivity contribution is 5.66. The smallest absolute Gasteiger partial charge is 0.303 e. The SMILES string of the molecule is N#Cc1cccc(C(O)CNCC2CCc3cccc(CCCC(=O)O)c3O2)c1. The van der Waals surface area contributed by atoms with E-state index in [2.05, 4.69) is 17.5 Å². The van der Waals surface area contributed by atoms with Gasteiger partial charge in [0.1, 0.15) is 11.9 Å². The number of nitrogens with zero attached hydrogens (tertiary/aromatic N) is 1. The minimum atomic E-state index is -0.781. The fourth-order valence-corrected chi connectivity index (χ4v) is 3.61. The maximum Gasteiger partial charge on any atom is 0.303 e. The normalized spacial score (nSPS) is 16.3. The Morgan fingerprint density at radius 3 is 2.93 bits per heavy atom. The lowest BCUT2D eigenvalue weighted by Gasteiger charge is -2.28. The number of carboxylic acid groups (broad SMARTS) is 1. The van der Waals surface area contributed by atoms with Gasteiger partial charge in [0, 0.05) is 19.5 Å². The first-order valence-corrected chi connectivity index (χ1v) is 9.95. The molecule has 29 heavy (non-hydrogen) atoms. The van der Waals surface area contributed by atoms with Crippen molar-refractivity contribution in [3.63, 3.8) is 0 Å². The van der Waals surface area contributed by atoms with Crippen LogP contribution in [0, 0.1) is 11.3 Å². The Labute approximate surface area is 170 Å². The van der Waals surface area contributed by atoms with E-state index in [1.807, 2.05) is 18.2 Å². The monoisotopic (exact) mass is 394 g/mol. The molecule has 1 aliphatic rings. The number of nitriles is 1. The van der Waals surface area contributed by atoms with Gasteiger partial charge in [-0.05, 0) is 54.5 Å². The summed E-state index contributed by atoms with van der Waals surface area (Å²) in [6, 6.07) is 15.1. The van der Waals surface area contributed by atoms with Crippen molar-refractivity contribution in [3.8, 4) is 11.8 Å². The number of nitrogens with one attached hydrogen (secondary N) is 1. The fourth-order valence-electron chi connectivity index (χ4n) is 3.61. The highest BCUT2D eigenvalue weighted by atomic mass is 16.5. The molecule has 0 radical (unpaired) electrons. The van der Waals surface area contributed by atoms with Crippen LogP contribution >= 0.6 is 0 Å². The van der Waals surface area contributed by atoms with Crippen molar-refractivity contribution < 1.29 is 19.7 Å². The van der Waals surface area contributed by atoms with Crippen molar-refractivity contribution in [2.45, 2.75) is 44.3 Å². The molecule has 152 valence electrons. The molecule has 1 aliphatic heterocycles. The first-order valence-electron chi connectivity index (χ1n) is 9.95. The maximum absolute atomic E-state index is 10.8. The average Bonchev–Trinajstić information content (AvgIpc) is 2.73. The molecule has 2 unspecified atom stereocenters. The lowest BCUT2D eigenvalue weighted by atomic mass is 9.96. The van der Waals surface area contributed by atoms with E-state index in [0.29, 0.717) is 37.1 Å². The van der Waals surface area contributed by atoms with Crippen molar-refractivity contribution in [1.29, 1.82) is 5.26 Å². The van der Waals surface area contributed by atoms with Crippen LogP contribution in [-0.4, -0.2) is 35.4 Å². The molecule has 6 nitrogen and oxygen atoms in total. The Balaban J connectivity index is 1.53. The first-order chi connectivity index (χ1) is 14.1. The van der Waals surface area contributed by atoms with Gasteiger partial charge in [-0.25, -0.2) is 0 Å². The van der Waals surface area contributed by atoms with E-state index in [0.717, 1.165) is 24.2 Å². The van der Waals surface area contributed by atoms with Gasteiger partial charge in [-0.1, -0.05) is 30.3 Å². The molecule has 2 atom stereocenters. The first kappa shape index (κ1) is 20.8. The summed E-state index contributed by atoms with van der Waals surface area (Å²) in [6.07, 6.45) is 2.54. The van der Waals surface area contributed by atoms with E-state index in [9.17, 15) is 9.90 Å². The second-order valence-electron chi connectivity index (χ2n) is 7.34. The zero-order chi connectivity index (χ0) is 20.6. The van der Waals surface area contributed by atoms with Gasteiger partial charge in [0.2, 0.25) is 0 Å². The maximum atomic E-state index is 10.8. The summed E-state index contributed by atoms with van der Waals surface area (Å²) in [5.41, 5.74) is 3.47. The van der Waals surface area contributed by atoms with Gasteiger partial charge in [0.15, 0.2) is 0 Å². The summed E-state index contributed by atoms with van der Waals surface area (Å²) >= 11 is 0. The number of aryl methyl sites for hydroxylation is 2. The van der Waals surface area contributed by atoms with Crippen LogP contribution in [0.15, 0.2) is 42.5 Å². The number of ether oxygens (including phenoxy) is 1. The number of aliphatic hydroxyl groups is 1. The second-order valence-corrected chi connectivity index (χ2v) is 7.34. The molecule has 0 saturated heterocycles. The Morgan fingerprint density at radius 2 is 2.14 bits per heavy atom. The molecule has 0 aliphatic carbocycles. The molecule has 0 saturated carbocycles. The number of hydrogen-bond acceptors (Lipinski definition) is 5. The molecule has 0 aromatic heterocycles. The van der Waals surface area contributed by atoms with Crippen molar-refractivity contribution in [3.05, 3.63) is 64.7 Å². The van der Waals surface area contributed by atoms with Crippen LogP contribution in [0.25, 0.3) is 0 Å². The number of aliphatic carboxylic acids is 1. The highest BCUT2D eigenvalue weighted by Gasteiger charge is 2.22. The molecule has 1 heterocycles. The van der Waals surface area contributed by atoms with Crippen molar-refractivity contribution >= 4 is 5.97 Å². The number of rotatable bonds is 9. The fraction of sp³-hybridized carbons (Fsp3) is 0.391. The van der Waals surface area contributed by atoms with Crippen LogP contribution in [0.2, 0.25) is 0 Å². The van der Waals surface area contributed by atoms with Gasteiger partial charge in [-0.2, -0.15) is 5.26 Å². The number of carboxylic acids is 1. The number of carbonyl (C=O) groups is 1. The number of benzene rings is 2. The summed E-state index contributed by atoms with van der Waals surface area (Å²) in [7, 11) is 0. The van der Waals surface area contributed by atoms with Crippen LogP contribution in [0.1, 0.15) is 47.6 Å². The molecule has 3 rings (SSSR count). The van der Waals surface area contributed by atoms with Gasteiger partial charge < -0.3 is 20.3 Å². The van der Waals surface area contributed by atoms with E-state index >= 15 is 0 Å². The predicted molar refractivity (Wildman–Crippen MR) is 109 cm³/mol. The zero-order valence-corrected chi connectivity index (χ0v) is 16.3. The molecule has 0 amide bonds. The van der Waals surface area contributed by atoms with Gasteiger partial charge in [-0.15, -0.1) is 0 Å². The molecule has 2 aromatic rings. The second kappa shape index (κ2) is 10.1. The zero-order valence-electron chi connectivity index (χ0n) is 16.3. The number of fused-ring (bicyclic) bond motifs is 1. The third-order valence-electron chi connectivity index (χ3n) is 5.15. The minimum absolute atomic E-state index is 0.000710. The third-order valence-corrected chi connectivity index (χ3v) is 5.15. The summed E-state index contributed by atoms with van der Waals surface area (Å²) in [4.78, 5) is 10.8. The summed E-state index contributed by atoms with van der Waals surface area (Å²) in [6.45, 7) is 0.986. The quantitative estimate of drug-likeness (QED) is 0.604. The van der Waals surface area contributed by atoms with E-state index in [-0.39, 0.29) is 12.5 Å². The van der Waals surface area contributed by atoms with Gasteiger partial charge in [-0.3, -0.25) is 4.79 Å². The molecule has 0 bridgehead atoms. The molecular formula is C23H26N2O4. The summed E-state index contributed by atoms with van der Waals surface area (Å²) in [5, 5.41) is 31.4. The van der Waals surface area contributed by atoms with Crippen LogP contribution in [0.3, 0.4) is 0 Å². The van der Waals surface area contributed by atoms with Crippen molar-refractivity contribution in [2.24, 2.45) is 0 Å². The minimum Gasteiger partial charge on any atom is -0.489 e. The van der Waals surface area contributed by atoms with E-state index in [1.165, 1.54) is 5.56 Å². The molecule has 6 heteroatoms. The Morgan fingerprint density at radius 1 is 1.31 bits per heavy atom. The summed E-state index contributed by atoms with van der Waals surface area (Å²) < 4.78 is 6.21. The standard InChI is InChI=1S/C23H26N2O4/c24-13-16-4-1-8-19(12-16)21(26)15-25-14-20-11-10-18-6-2-5-17(23(18)29-20)7-3-9-22(27)28/h1-2,4-6,8,12,20-21,25-26H,3,7,9-11,14-15H2,(H,27,28). The van der Waals surface area contributed by atoms with Crippen molar-refractivity contribution in [1.82, 2.24) is 5.32 Å². The van der Waals surface area contributed by atoms with Crippen LogP contribution in [0.5, 0.6) is 5.75 Å². The predicted octanol–water partition coefficient (Wildman–Crippen LogP) is 2.98. The van der Waals surface area contributed by atoms with Gasteiger partial charge >= 0.3 is 5.97 Å². The average molecular weight is 394 g/mol. The van der Waals surface area contributed by atoms with Crippen LogP contribution < -0.4 is 10.1 Å². The summed E-state index contributed by atoms with van der Waals surface area (Å²) in [5.74, 6) is 0.106. The lowest BCUT2D eigenvalue weighted by molar-refractivity contribution is -0.137. The van der Waals surface area contributed by atoms with Crippen LogP contribution in [0.4, 0.5) is 0 Å². The molecule has 3 N–H and O–H groups in total. The van der Waals surface area contributed by atoms with Crippen molar-refractivity contribution in [2.75, 3.05) is 13.1 Å². The Hall–Kier alpha value is -2.88.